The van der Waals surface area contributed by atoms with Gasteiger partial charge in [0.1, 0.15) is 0 Å². The second kappa shape index (κ2) is 6.13. The van der Waals surface area contributed by atoms with E-state index >= 15 is 0 Å². The fourth-order valence-corrected chi connectivity index (χ4v) is 3.45. The summed E-state index contributed by atoms with van der Waals surface area (Å²) in [6, 6.07) is 0.540. The van der Waals surface area contributed by atoms with Crippen LogP contribution < -0.4 is 5.73 Å². The molecule has 2 rings (SSSR count). The van der Waals surface area contributed by atoms with Gasteiger partial charge in [-0.25, -0.2) is 4.98 Å². The monoisotopic (exact) mass is 267 g/mol. The van der Waals surface area contributed by atoms with Crippen molar-refractivity contribution >= 4 is 11.3 Å². The largest absolute Gasteiger partial charge is 0.329 e. The molecule has 1 aliphatic rings. The number of piperidine rings is 1. The van der Waals surface area contributed by atoms with Gasteiger partial charge in [0.25, 0.3) is 0 Å². The van der Waals surface area contributed by atoms with E-state index in [-0.39, 0.29) is 0 Å². The molecule has 18 heavy (non-hydrogen) atoms. The van der Waals surface area contributed by atoms with Gasteiger partial charge in [-0.3, -0.25) is 4.90 Å². The van der Waals surface area contributed by atoms with Crippen molar-refractivity contribution in [1.82, 2.24) is 9.88 Å². The maximum Gasteiger partial charge on any atom is 0.0954 e. The van der Waals surface area contributed by atoms with Gasteiger partial charge in [-0.1, -0.05) is 20.8 Å². The second-order valence-electron chi connectivity index (χ2n) is 5.82. The molecule has 2 unspecified atom stereocenters. The van der Waals surface area contributed by atoms with Crippen molar-refractivity contribution in [2.45, 2.75) is 52.1 Å². The highest BCUT2D eigenvalue weighted by atomic mass is 32.1. The van der Waals surface area contributed by atoms with Gasteiger partial charge in [0.05, 0.1) is 10.7 Å². The lowest BCUT2D eigenvalue weighted by Crippen LogP contribution is -2.45. The van der Waals surface area contributed by atoms with Gasteiger partial charge in [0.15, 0.2) is 0 Å². The van der Waals surface area contributed by atoms with Gasteiger partial charge >= 0.3 is 0 Å². The third-order valence-electron chi connectivity index (χ3n) is 3.80. The molecule has 2 atom stereocenters. The Balaban J connectivity index is 1.98. The number of nitrogens with zero attached hydrogens (tertiary/aromatic N) is 2. The minimum atomic E-state index is 0.537. The van der Waals surface area contributed by atoms with Gasteiger partial charge in [-0.15, -0.1) is 11.3 Å². The lowest BCUT2D eigenvalue weighted by Gasteiger charge is -2.37. The molecule has 0 spiro atoms. The average molecular weight is 267 g/mol. The quantitative estimate of drug-likeness (QED) is 0.912. The summed E-state index contributed by atoms with van der Waals surface area (Å²) in [5.41, 5.74) is 7.12. The topological polar surface area (TPSA) is 42.2 Å². The predicted molar refractivity (Wildman–Crippen MR) is 77.9 cm³/mol. The van der Waals surface area contributed by atoms with Gasteiger partial charge in [0, 0.05) is 30.4 Å². The van der Waals surface area contributed by atoms with Crippen LogP contribution in [-0.4, -0.2) is 29.0 Å². The third-order valence-corrected chi connectivity index (χ3v) is 4.99. The van der Waals surface area contributed by atoms with Gasteiger partial charge in [-0.05, 0) is 25.3 Å². The Morgan fingerprint density at radius 1 is 1.56 bits per heavy atom. The van der Waals surface area contributed by atoms with Gasteiger partial charge in [-0.2, -0.15) is 0 Å². The van der Waals surface area contributed by atoms with E-state index in [9.17, 15) is 0 Å². The van der Waals surface area contributed by atoms with E-state index in [1.54, 1.807) is 11.3 Å². The highest BCUT2D eigenvalue weighted by Gasteiger charge is 2.25. The molecule has 4 heteroatoms. The van der Waals surface area contributed by atoms with E-state index in [4.69, 9.17) is 10.7 Å². The van der Waals surface area contributed by atoms with Crippen LogP contribution in [-0.2, 0) is 6.54 Å². The van der Waals surface area contributed by atoms with Crippen molar-refractivity contribution < 1.29 is 0 Å². The van der Waals surface area contributed by atoms with E-state index in [0.29, 0.717) is 12.0 Å². The molecule has 0 saturated carbocycles. The second-order valence-corrected chi connectivity index (χ2v) is 6.71. The predicted octanol–water partition coefficient (Wildman–Crippen LogP) is 2.83. The molecule has 102 valence electrons. The number of nitrogens with two attached hydrogens (primary N) is 1. The molecule has 0 amide bonds. The van der Waals surface area contributed by atoms with Crippen LogP contribution in [0.5, 0.6) is 0 Å². The molecule has 1 aliphatic heterocycles. The average Bonchev–Trinajstić information content (AvgIpc) is 2.80. The molecule has 3 nitrogen and oxygen atoms in total. The first-order valence-electron chi connectivity index (χ1n) is 6.98. The molecule has 0 bridgehead atoms. The molecular formula is C14H25N3S. The number of hydrogen-bond donors (Lipinski definition) is 1. The van der Waals surface area contributed by atoms with Crippen LogP contribution >= 0.6 is 11.3 Å². The Hall–Kier alpha value is -0.450. The molecule has 1 aromatic rings. The molecule has 0 aliphatic carbocycles. The van der Waals surface area contributed by atoms with Crippen molar-refractivity contribution in [2.24, 2.45) is 11.7 Å². The number of hydrogen-bond acceptors (Lipinski definition) is 4. The van der Waals surface area contributed by atoms with E-state index in [1.165, 1.54) is 23.5 Å². The van der Waals surface area contributed by atoms with Gasteiger partial charge in [0.2, 0.25) is 0 Å². The maximum atomic E-state index is 5.90. The molecule has 1 fully saturated rings. The maximum absolute atomic E-state index is 5.90. The smallest absolute Gasteiger partial charge is 0.0954 e. The summed E-state index contributed by atoms with van der Waals surface area (Å²) in [7, 11) is 0. The van der Waals surface area contributed by atoms with E-state index in [0.717, 1.165) is 25.6 Å². The zero-order valence-corrected chi connectivity index (χ0v) is 12.5. The van der Waals surface area contributed by atoms with Crippen LogP contribution in [0, 0.1) is 5.92 Å². The highest BCUT2D eigenvalue weighted by Crippen LogP contribution is 2.25. The zero-order valence-electron chi connectivity index (χ0n) is 11.7. The Kier molecular flexibility index (Phi) is 4.76. The molecule has 0 radical (unpaired) electrons. The summed E-state index contributed by atoms with van der Waals surface area (Å²) >= 11 is 1.79. The number of thiazole rings is 1. The Morgan fingerprint density at radius 2 is 2.33 bits per heavy atom. The standard InChI is InChI=1S/C14H25N3S/c1-10(2)14-16-12(9-18-14)8-17-5-4-11(3)6-13(17)7-15/h9-11,13H,4-8,15H2,1-3H3. The molecule has 1 aromatic heterocycles. The van der Waals surface area contributed by atoms with Crippen LogP contribution in [0.4, 0.5) is 0 Å². The van der Waals surface area contributed by atoms with Crippen molar-refractivity contribution in [2.75, 3.05) is 13.1 Å². The molecule has 0 aromatic carbocycles. The Labute approximate surface area is 114 Å². The lowest BCUT2D eigenvalue weighted by atomic mass is 9.92. The van der Waals surface area contributed by atoms with Crippen LogP contribution in [0.15, 0.2) is 5.38 Å². The van der Waals surface area contributed by atoms with Gasteiger partial charge < -0.3 is 5.73 Å². The van der Waals surface area contributed by atoms with E-state index in [2.05, 4.69) is 31.1 Å². The normalized spacial score (nSPS) is 25.8. The summed E-state index contributed by atoms with van der Waals surface area (Å²) in [5, 5.41) is 3.46. The summed E-state index contributed by atoms with van der Waals surface area (Å²) in [6.07, 6.45) is 2.52. The zero-order chi connectivity index (χ0) is 13.1. The Bertz CT molecular complexity index is 375. The number of aromatic nitrogens is 1. The summed E-state index contributed by atoms with van der Waals surface area (Å²) in [6.45, 7) is 9.64. The Morgan fingerprint density at radius 3 is 2.94 bits per heavy atom. The molecular weight excluding hydrogens is 242 g/mol. The first kappa shape index (κ1) is 14.0. The third kappa shape index (κ3) is 3.31. The minimum absolute atomic E-state index is 0.537. The van der Waals surface area contributed by atoms with Crippen molar-refractivity contribution in [3.05, 3.63) is 16.1 Å². The van der Waals surface area contributed by atoms with Crippen molar-refractivity contribution in [3.8, 4) is 0 Å². The lowest BCUT2D eigenvalue weighted by molar-refractivity contribution is 0.114. The summed E-state index contributed by atoms with van der Waals surface area (Å²) in [5.74, 6) is 1.35. The van der Waals surface area contributed by atoms with Crippen LogP contribution in [0.3, 0.4) is 0 Å². The first-order chi connectivity index (χ1) is 8.60. The van der Waals surface area contributed by atoms with Crippen LogP contribution in [0.1, 0.15) is 50.2 Å². The van der Waals surface area contributed by atoms with E-state index in [1.807, 2.05) is 0 Å². The fraction of sp³-hybridized carbons (Fsp3) is 0.786. The van der Waals surface area contributed by atoms with E-state index < -0.39 is 0 Å². The fourth-order valence-electron chi connectivity index (χ4n) is 2.62. The van der Waals surface area contributed by atoms with Crippen LogP contribution in [0.25, 0.3) is 0 Å². The minimum Gasteiger partial charge on any atom is -0.329 e. The first-order valence-corrected chi connectivity index (χ1v) is 7.86. The SMILES string of the molecule is CC1CCN(Cc2csc(C(C)C)n2)C(CN)C1. The molecule has 1 saturated heterocycles. The highest BCUT2D eigenvalue weighted by molar-refractivity contribution is 7.09. The molecule has 2 N–H and O–H groups in total. The summed E-state index contributed by atoms with van der Waals surface area (Å²) in [4.78, 5) is 7.24. The number of rotatable bonds is 4. The number of likely N-dealkylation sites (tertiary alicyclic amines) is 1. The summed E-state index contributed by atoms with van der Waals surface area (Å²) < 4.78 is 0. The van der Waals surface area contributed by atoms with Crippen molar-refractivity contribution in [3.63, 3.8) is 0 Å². The van der Waals surface area contributed by atoms with Crippen molar-refractivity contribution in [1.29, 1.82) is 0 Å². The molecule has 2 heterocycles. The van der Waals surface area contributed by atoms with Crippen LogP contribution in [0.2, 0.25) is 0 Å².